The number of pyridine rings is 1. The zero-order valence-corrected chi connectivity index (χ0v) is 8.78. The maximum Gasteiger partial charge on any atom is 0.250 e. The lowest BCUT2D eigenvalue weighted by molar-refractivity contribution is 0.155. The van der Waals surface area contributed by atoms with E-state index < -0.39 is 6.10 Å². The van der Waals surface area contributed by atoms with Crippen molar-refractivity contribution < 1.29 is 5.11 Å². The number of nitrogens with zero attached hydrogens (tertiary/aromatic N) is 1. The van der Waals surface area contributed by atoms with Crippen molar-refractivity contribution in [1.82, 2.24) is 4.57 Å². The highest BCUT2D eigenvalue weighted by atomic mass is 16.3. The first-order chi connectivity index (χ1) is 7.77. The summed E-state index contributed by atoms with van der Waals surface area (Å²) in [4.78, 5) is 11.4. The molecule has 2 rings (SSSR count). The molecule has 0 aliphatic rings. The molecule has 1 aromatic carbocycles. The highest BCUT2D eigenvalue weighted by molar-refractivity contribution is 5.17. The monoisotopic (exact) mass is 215 g/mol. The minimum absolute atomic E-state index is 0.0996. The van der Waals surface area contributed by atoms with Crippen molar-refractivity contribution in [3.05, 3.63) is 70.6 Å². The van der Waals surface area contributed by atoms with E-state index in [2.05, 4.69) is 0 Å². The number of aliphatic hydroxyl groups excluding tert-OH is 1. The molecule has 1 aromatic heterocycles. The van der Waals surface area contributed by atoms with Crippen molar-refractivity contribution in [1.29, 1.82) is 0 Å². The molecule has 0 radical (unpaired) electrons. The zero-order chi connectivity index (χ0) is 11.4. The van der Waals surface area contributed by atoms with Crippen molar-refractivity contribution in [3.63, 3.8) is 0 Å². The van der Waals surface area contributed by atoms with Crippen LogP contribution in [0.15, 0.2) is 59.5 Å². The van der Waals surface area contributed by atoms with Gasteiger partial charge in [-0.15, -0.1) is 0 Å². The minimum Gasteiger partial charge on any atom is -0.387 e. The molecular formula is C13H13NO2. The highest BCUT2D eigenvalue weighted by Gasteiger charge is 2.07. The van der Waals surface area contributed by atoms with Gasteiger partial charge in [-0.05, 0) is 11.6 Å². The van der Waals surface area contributed by atoms with E-state index in [1.165, 1.54) is 10.6 Å². The summed E-state index contributed by atoms with van der Waals surface area (Å²) in [6.07, 6.45) is 1.02. The number of hydrogen-bond donors (Lipinski definition) is 1. The average Bonchev–Trinajstić information content (AvgIpc) is 2.33. The molecule has 0 aliphatic heterocycles. The fourth-order valence-corrected chi connectivity index (χ4v) is 1.58. The molecule has 3 nitrogen and oxygen atoms in total. The highest BCUT2D eigenvalue weighted by Crippen LogP contribution is 2.13. The van der Waals surface area contributed by atoms with Crippen LogP contribution in [0.4, 0.5) is 0 Å². The quantitative estimate of drug-likeness (QED) is 0.844. The van der Waals surface area contributed by atoms with E-state index in [9.17, 15) is 9.90 Å². The lowest BCUT2D eigenvalue weighted by Crippen LogP contribution is -2.21. The van der Waals surface area contributed by atoms with Crippen molar-refractivity contribution >= 4 is 0 Å². The van der Waals surface area contributed by atoms with Crippen LogP contribution < -0.4 is 5.56 Å². The van der Waals surface area contributed by atoms with Crippen LogP contribution in [0.3, 0.4) is 0 Å². The Labute approximate surface area is 93.6 Å². The van der Waals surface area contributed by atoms with E-state index in [0.717, 1.165) is 5.56 Å². The van der Waals surface area contributed by atoms with Crippen LogP contribution in [0.5, 0.6) is 0 Å². The summed E-state index contributed by atoms with van der Waals surface area (Å²) in [5, 5.41) is 9.94. The number of benzene rings is 1. The molecule has 0 unspecified atom stereocenters. The molecule has 1 N–H and O–H groups in total. The van der Waals surface area contributed by atoms with E-state index >= 15 is 0 Å². The Bertz CT molecular complexity index is 505. The van der Waals surface area contributed by atoms with Crippen molar-refractivity contribution in [2.75, 3.05) is 0 Å². The summed E-state index contributed by atoms with van der Waals surface area (Å²) in [6.45, 7) is 0.281. The Hall–Kier alpha value is -1.87. The van der Waals surface area contributed by atoms with E-state index in [0.29, 0.717) is 0 Å². The van der Waals surface area contributed by atoms with Crippen LogP contribution in [0, 0.1) is 0 Å². The van der Waals surface area contributed by atoms with Gasteiger partial charge in [0.1, 0.15) is 0 Å². The first kappa shape index (κ1) is 10.6. The van der Waals surface area contributed by atoms with Gasteiger partial charge in [-0.25, -0.2) is 0 Å². The largest absolute Gasteiger partial charge is 0.387 e. The Morgan fingerprint density at radius 3 is 2.44 bits per heavy atom. The normalized spacial score (nSPS) is 12.3. The molecule has 0 aliphatic carbocycles. The Kier molecular flexibility index (Phi) is 3.17. The molecule has 0 spiro atoms. The molecule has 1 atom stereocenters. The number of hydrogen-bond acceptors (Lipinski definition) is 2. The van der Waals surface area contributed by atoms with E-state index in [-0.39, 0.29) is 12.1 Å². The third-order valence-corrected chi connectivity index (χ3v) is 2.45. The van der Waals surface area contributed by atoms with Gasteiger partial charge in [0.15, 0.2) is 0 Å². The van der Waals surface area contributed by atoms with Gasteiger partial charge in [0.25, 0.3) is 5.56 Å². The molecule has 16 heavy (non-hydrogen) atoms. The molecule has 2 aromatic rings. The van der Waals surface area contributed by atoms with Crippen LogP contribution in [-0.2, 0) is 6.54 Å². The molecule has 0 amide bonds. The second-order valence-corrected chi connectivity index (χ2v) is 3.62. The van der Waals surface area contributed by atoms with Crippen LogP contribution in [0.25, 0.3) is 0 Å². The number of rotatable bonds is 3. The summed E-state index contributed by atoms with van der Waals surface area (Å²) >= 11 is 0. The van der Waals surface area contributed by atoms with Gasteiger partial charge in [-0.2, -0.15) is 0 Å². The first-order valence-electron chi connectivity index (χ1n) is 5.16. The SMILES string of the molecule is O=c1ccccn1C[C@H](O)c1ccccc1. The molecule has 0 saturated carbocycles. The molecule has 0 fully saturated rings. The zero-order valence-electron chi connectivity index (χ0n) is 8.78. The molecule has 0 saturated heterocycles. The Morgan fingerprint density at radius 1 is 1.06 bits per heavy atom. The van der Waals surface area contributed by atoms with Gasteiger partial charge >= 0.3 is 0 Å². The van der Waals surface area contributed by atoms with Gasteiger partial charge in [-0.1, -0.05) is 36.4 Å². The lowest BCUT2D eigenvalue weighted by Gasteiger charge is -2.12. The van der Waals surface area contributed by atoms with E-state index in [1.54, 1.807) is 18.3 Å². The number of aliphatic hydroxyl groups is 1. The third-order valence-electron chi connectivity index (χ3n) is 2.45. The Morgan fingerprint density at radius 2 is 1.75 bits per heavy atom. The summed E-state index contributed by atoms with van der Waals surface area (Å²) in [6, 6.07) is 14.3. The van der Waals surface area contributed by atoms with Crippen molar-refractivity contribution in [3.8, 4) is 0 Å². The van der Waals surface area contributed by atoms with Gasteiger partial charge in [0.2, 0.25) is 0 Å². The second kappa shape index (κ2) is 4.77. The third kappa shape index (κ3) is 2.38. The van der Waals surface area contributed by atoms with Crippen molar-refractivity contribution in [2.24, 2.45) is 0 Å². The van der Waals surface area contributed by atoms with Crippen LogP contribution in [-0.4, -0.2) is 9.67 Å². The summed E-state index contributed by atoms with van der Waals surface area (Å²) in [7, 11) is 0. The smallest absolute Gasteiger partial charge is 0.250 e. The standard InChI is InChI=1S/C13H13NO2/c15-12(11-6-2-1-3-7-11)10-14-9-5-4-8-13(14)16/h1-9,12,15H,10H2/t12-/m0/s1. The molecular weight excluding hydrogens is 202 g/mol. The lowest BCUT2D eigenvalue weighted by atomic mass is 10.1. The van der Waals surface area contributed by atoms with Gasteiger partial charge in [0.05, 0.1) is 12.6 Å². The minimum atomic E-state index is -0.652. The van der Waals surface area contributed by atoms with Crippen LogP contribution >= 0.6 is 0 Å². The predicted octanol–water partition coefficient (Wildman–Crippen LogP) is 1.58. The van der Waals surface area contributed by atoms with Crippen LogP contribution in [0.1, 0.15) is 11.7 Å². The van der Waals surface area contributed by atoms with Crippen molar-refractivity contribution in [2.45, 2.75) is 12.6 Å². The molecule has 0 bridgehead atoms. The summed E-state index contributed by atoms with van der Waals surface area (Å²) in [5.41, 5.74) is 0.718. The van der Waals surface area contributed by atoms with E-state index in [1.807, 2.05) is 30.3 Å². The maximum absolute atomic E-state index is 11.4. The second-order valence-electron chi connectivity index (χ2n) is 3.62. The Balaban J connectivity index is 2.17. The topological polar surface area (TPSA) is 42.2 Å². The fourth-order valence-electron chi connectivity index (χ4n) is 1.58. The first-order valence-corrected chi connectivity index (χ1v) is 5.16. The van der Waals surface area contributed by atoms with Gasteiger partial charge in [0, 0.05) is 12.3 Å². The molecule has 1 heterocycles. The molecule has 82 valence electrons. The predicted molar refractivity (Wildman–Crippen MR) is 62.1 cm³/mol. The van der Waals surface area contributed by atoms with Gasteiger partial charge < -0.3 is 9.67 Å². The summed E-state index contributed by atoms with van der Waals surface area (Å²) < 4.78 is 1.50. The fraction of sp³-hybridized carbons (Fsp3) is 0.154. The summed E-state index contributed by atoms with van der Waals surface area (Å²) in [5.74, 6) is 0. The molecule has 3 heteroatoms. The maximum atomic E-state index is 11.4. The van der Waals surface area contributed by atoms with Crippen LogP contribution in [0.2, 0.25) is 0 Å². The average molecular weight is 215 g/mol. The van der Waals surface area contributed by atoms with E-state index in [4.69, 9.17) is 0 Å². The number of aromatic nitrogens is 1. The van der Waals surface area contributed by atoms with Gasteiger partial charge in [-0.3, -0.25) is 4.79 Å².